The summed E-state index contributed by atoms with van der Waals surface area (Å²) in [4.78, 5) is 12.1. The molecule has 1 amide bonds. The molecule has 0 radical (unpaired) electrons. The van der Waals surface area contributed by atoms with Gasteiger partial charge in [-0.25, -0.2) is 4.39 Å². The van der Waals surface area contributed by atoms with Crippen LogP contribution in [-0.2, 0) is 17.6 Å². The molecule has 1 aromatic heterocycles. The maximum atomic E-state index is 12.9. The lowest BCUT2D eigenvalue weighted by Gasteiger charge is -2.18. The van der Waals surface area contributed by atoms with Crippen molar-refractivity contribution in [2.75, 3.05) is 19.8 Å². The number of ether oxygens (including phenoxy) is 2. The van der Waals surface area contributed by atoms with Crippen LogP contribution < -0.4 is 14.8 Å². The van der Waals surface area contributed by atoms with Crippen molar-refractivity contribution in [1.29, 1.82) is 0 Å². The Morgan fingerprint density at radius 1 is 1.04 bits per heavy atom. The van der Waals surface area contributed by atoms with Crippen molar-refractivity contribution in [3.05, 3.63) is 65.6 Å². The van der Waals surface area contributed by atoms with Gasteiger partial charge in [-0.05, 0) is 42.3 Å². The first-order valence-electron chi connectivity index (χ1n) is 9.04. The van der Waals surface area contributed by atoms with Gasteiger partial charge < -0.3 is 19.3 Å². The van der Waals surface area contributed by atoms with Gasteiger partial charge in [-0.2, -0.15) is 0 Å². The van der Waals surface area contributed by atoms with Crippen LogP contribution in [0.15, 0.2) is 53.1 Å². The number of benzene rings is 2. The molecule has 0 unspecified atom stereocenters. The van der Waals surface area contributed by atoms with Crippen LogP contribution in [0.2, 0.25) is 0 Å². The van der Waals surface area contributed by atoms with Gasteiger partial charge in [-0.15, -0.1) is 0 Å². The largest absolute Gasteiger partial charge is 0.486 e. The molecule has 0 aliphatic carbocycles. The third-order valence-corrected chi connectivity index (χ3v) is 4.38. The van der Waals surface area contributed by atoms with Crippen LogP contribution in [0.4, 0.5) is 4.39 Å². The van der Waals surface area contributed by atoms with Gasteiger partial charge in [0, 0.05) is 18.2 Å². The summed E-state index contributed by atoms with van der Waals surface area (Å²) in [7, 11) is 0. The van der Waals surface area contributed by atoms with E-state index in [1.54, 1.807) is 18.2 Å². The number of halogens is 1. The molecule has 4 rings (SSSR count). The van der Waals surface area contributed by atoms with Crippen molar-refractivity contribution in [2.45, 2.75) is 12.8 Å². The van der Waals surface area contributed by atoms with Crippen LogP contribution in [0.3, 0.4) is 0 Å². The van der Waals surface area contributed by atoms with Crippen LogP contribution >= 0.6 is 0 Å². The topological polar surface area (TPSA) is 73.6 Å². The molecule has 0 atom stereocenters. The number of rotatable bonds is 6. The van der Waals surface area contributed by atoms with Crippen LogP contribution in [0.5, 0.6) is 11.5 Å². The predicted molar refractivity (Wildman–Crippen MR) is 99.7 cm³/mol. The Balaban J connectivity index is 1.31. The van der Waals surface area contributed by atoms with Crippen molar-refractivity contribution >= 4 is 5.91 Å². The van der Waals surface area contributed by atoms with E-state index in [9.17, 15) is 9.18 Å². The van der Waals surface area contributed by atoms with Gasteiger partial charge in [-0.1, -0.05) is 17.3 Å². The Morgan fingerprint density at radius 3 is 2.64 bits per heavy atom. The number of hydrogen-bond donors (Lipinski definition) is 1. The molecule has 0 spiro atoms. The van der Waals surface area contributed by atoms with Crippen molar-refractivity contribution in [1.82, 2.24) is 10.5 Å². The molecule has 144 valence electrons. The zero-order valence-electron chi connectivity index (χ0n) is 15.1. The molecule has 1 N–H and O–H groups in total. The second-order valence-electron chi connectivity index (χ2n) is 6.44. The maximum absolute atomic E-state index is 12.9. The van der Waals surface area contributed by atoms with E-state index in [1.807, 2.05) is 18.2 Å². The molecule has 6 nitrogen and oxygen atoms in total. The Morgan fingerprint density at radius 2 is 1.82 bits per heavy atom. The van der Waals surface area contributed by atoms with Gasteiger partial charge in [0.15, 0.2) is 17.3 Å². The fraction of sp³-hybridized carbons (Fsp3) is 0.238. The first-order valence-corrected chi connectivity index (χ1v) is 9.04. The van der Waals surface area contributed by atoms with E-state index in [-0.39, 0.29) is 18.1 Å². The molecule has 1 aliphatic heterocycles. The van der Waals surface area contributed by atoms with E-state index in [0.29, 0.717) is 49.1 Å². The molecule has 2 aromatic carbocycles. The van der Waals surface area contributed by atoms with Crippen LogP contribution in [0.25, 0.3) is 11.3 Å². The fourth-order valence-corrected chi connectivity index (χ4v) is 2.95. The Labute approximate surface area is 161 Å². The van der Waals surface area contributed by atoms with E-state index in [4.69, 9.17) is 14.0 Å². The summed E-state index contributed by atoms with van der Waals surface area (Å²) in [5, 5.41) is 6.80. The summed E-state index contributed by atoms with van der Waals surface area (Å²) in [6.45, 7) is 1.52. The number of nitrogens with one attached hydrogen (secondary N) is 1. The number of nitrogens with zero attached hydrogens (tertiary/aromatic N) is 1. The van der Waals surface area contributed by atoms with Crippen LogP contribution in [0.1, 0.15) is 11.3 Å². The predicted octanol–water partition coefficient (Wildman–Crippen LogP) is 3.15. The van der Waals surface area contributed by atoms with E-state index in [2.05, 4.69) is 10.5 Å². The smallest absolute Gasteiger partial charge is 0.226 e. The minimum Gasteiger partial charge on any atom is -0.486 e. The highest BCUT2D eigenvalue weighted by Crippen LogP contribution is 2.34. The summed E-state index contributed by atoms with van der Waals surface area (Å²) >= 11 is 0. The number of aromatic nitrogens is 1. The molecule has 0 bridgehead atoms. The van der Waals surface area contributed by atoms with E-state index >= 15 is 0 Å². The van der Waals surface area contributed by atoms with E-state index in [0.717, 1.165) is 11.1 Å². The first-order chi connectivity index (χ1) is 13.7. The van der Waals surface area contributed by atoms with Crippen molar-refractivity contribution < 1.29 is 23.2 Å². The third kappa shape index (κ3) is 4.31. The number of carbonyl (C=O) groups excluding carboxylic acids is 1. The van der Waals surface area contributed by atoms with Crippen molar-refractivity contribution in [3.8, 4) is 22.8 Å². The van der Waals surface area contributed by atoms with Gasteiger partial charge in [-0.3, -0.25) is 4.79 Å². The van der Waals surface area contributed by atoms with E-state index in [1.165, 1.54) is 12.1 Å². The molecule has 2 heterocycles. The molecule has 0 fully saturated rings. The van der Waals surface area contributed by atoms with Crippen molar-refractivity contribution in [2.24, 2.45) is 0 Å². The minimum absolute atomic E-state index is 0.122. The second kappa shape index (κ2) is 8.12. The van der Waals surface area contributed by atoms with E-state index < -0.39 is 0 Å². The number of fused-ring (bicyclic) bond motifs is 1. The third-order valence-electron chi connectivity index (χ3n) is 4.38. The summed E-state index contributed by atoms with van der Waals surface area (Å²) < 4.78 is 29.3. The molecule has 1 aliphatic rings. The zero-order chi connectivity index (χ0) is 19.3. The van der Waals surface area contributed by atoms with Gasteiger partial charge in [0.2, 0.25) is 5.91 Å². The Bertz CT molecular complexity index is 969. The highest BCUT2D eigenvalue weighted by atomic mass is 19.1. The van der Waals surface area contributed by atoms with Gasteiger partial charge in [0.25, 0.3) is 0 Å². The lowest BCUT2D eigenvalue weighted by molar-refractivity contribution is -0.120. The zero-order valence-corrected chi connectivity index (χ0v) is 15.1. The summed E-state index contributed by atoms with van der Waals surface area (Å²) in [6.07, 6.45) is 0.755. The molecule has 0 saturated carbocycles. The fourth-order valence-electron chi connectivity index (χ4n) is 2.95. The standard InChI is InChI=1S/C21H19FN2O4/c22-16-4-1-14(2-5-16)7-8-23-21(25)13-17-12-19(28-24-17)15-3-6-18-20(11-15)27-10-9-26-18/h1-6,11-12H,7-10,13H2,(H,23,25). The Hall–Kier alpha value is -3.35. The highest BCUT2D eigenvalue weighted by molar-refractivity contribution is 5.78. The lowest BCUT2D eigenvalue weighted by atomic mass is 10.1. The molecule has 3 aromatic rings. The molecule has 0 saturated heterocycles. The van der Waals surface area contributed by atoms with Gasteiger partial charge in [0.05, 0.1) is 12.1 Å². The normalized spacial score (nSPS) is 12.6. The van der Waals surface area contributed by atoms with Gasteiger partial charge >= 0.3 is 0 Å². The molecule has 7 heteroatoms. The monoisotopic (exact) mass is 382 g/mol. The maximum Gasteiger partial charge on any atom is 0.226 e. The summed E-state index contributed by atoms with van der Waals surface area (Å²) in [5.74, 6) is 1.51. The minimum atomic E-state index is -0.271. The molecular weight excluding hydrogens is 363 g/mol. The second-order valence-corrected chi connectivity index (χ2v) is 6.44. The highest BCUT2D eigenvalue weighted by Gasteiger charge is 2.15. The number of carbonyl (C=O) groups is 1. The summed E-state index contributed by atoms with van der Waals surface area (Å²) in [6, 6.07) is 13.5. The van der Waals surface area contributed by atoms with Crippen LogP contribution in [-0.4, -0.2) is 30.8 Å². The quantitative estimate of drug-likeness (QED) is 0.709. The lowest BCUT2D eigenvalue weighted by Crippen LogP contribution is -2.27. The SMILES string of the molecule is O=C(Cc1cc(-c2ccc3c(c2)OCCO3)on1)NCCc1ccc(F)cc1. The first kappa shape index (κ1) is 18.0. The number of hydrogen-bond acceptors (Lipinski definition) is 5. The number of amides is 1. The van der Waals surface area contributed by atoms with Crippen LogP contribution in [0, 0.1) is 5.82 Å². The molecular formula is C21H19FN2O4. The van der Waals surface area contributed by atoms with Gasteiger partial charge in [0.1, 0.15) is 19.0 Å². The van der Waals surface area contributed by atoms with Crippen molar-refractivity contribution in [3.63, 3.8) is 0 Å². The average molecular weight is 382 g/mol. The molecule has 28 heavy (non-hydrogen) atoms. The summed E-state index contributed by atoms with van der Waals surface area (Å²) in [5.41, 5.74) is 2.31. The Kier molecular flexibility index (Phi) is 5.23. The average Bonchev–Trinajstić information content (AvgIpc) is 3.17.